The zero-order valence-corrected chi connectivity index (χ0v) is 12.7. The first-order valence-electron chi connectivity index (χ1n) is 7.07. The molecule has 0 bridgehead atoms. The summed E-state index contributed by atoms with van der Waals surface area (Å²) in [5, 5.41) is 12.0. The molecule has 2 aromatic rings. The molecule has 0 aliphatic rings. The van der Waals surface area contributed by atoms with Gasteiger partial charge in [-0.25, -0.2) is 4.79 Å². The lowest BCUT2D eigenvalue weighted by atomic mass is 10.4. The monoisotopic (exact) mass is 321 g/mol. The van der Waals surface area contributed by atoms with Crippen molar-refractivity contribution < 1.29 is 18.7 Å². The normalized spacial score (nSPS) is 10.3. The first-order chi connectivity index (χ1) is 11.2. The molecule has 3 amide bonds. The highest BCUT2D eigenvalue weighted by molar-refractivity contribution is 5.91. The van der Waals surface area contributed by atoms with Gasteiger partial charge in [0.25, 0.3) is 5.91 Å². The van der Waals surface area contributed by atoms with E-state index in [1.165, 1.54) is 6.26 Å². The molecule has 23 heavy (non-hydrogen) atoms. The Morgan fingerprint density at radius 3 is 2.91 bits per heavy atom. The maximum atomic E-state index is 11.7. The van der Waals surface area contributed by atoms with Crippen LogP contribution in [0.15, 0.2) is 35.2 Å². The number of rotatable bonds is 8. The van der Waals surface area contributed by atoms with Gasteiger partial charge in [-0.2, -0.15) is 5.10 Å². The third-order valence-corrected chi connectivity index (χ3v) is 2.86. The number of urea groups is 1. The molecule has 2 aromatic heterocycles. The number of hydrogen-bond acceptors (Lipinski definition) is 5. The fourth-order valence-electron chi connectivity index (χ4n) is 1.76. The van der Waals surface area contributed by atoms with Gasteiger partial charge in [0.05, 0.1) is 31.3 Å². The molecule has 0 saturated heterocycles. The number of carbonyl (C=O) groups is 2. The number of methoxy groups -OCH3 is 1. The van der Waals surface area contributed by atoms with Crippen molar-refractivity contribution in [2.45, 2.75) is 6.54 Å². The van der Waals surface area contributed by atoms with Gasteiger partial charge in [-0.15, -0.1) is 0 Å². The number of aromatic nitrogens is 2. The predicted molar refractivity (Wildman–Crippen MR) is 82.2 cm³/mol. The van der Waals surface area contributed by atoms with Crippen LogP contribution in [0.4, 0.5) is 10.5 Å². The SMILES string of the molecule is COCCn1cc(NC(=O)NCCNC(=O)c2ccco2)cn1. The van der Waals surface area contributed by atoms with Gasteiger partial charge in [0.15, 0.2) is 5.76 Å². The summed E-state index contributed by atoms with van der Waals surface area (Å²) < 4.78 is 11.6. The van der Waals surface area contributed by atoms with Gasteiger partial charge in [0.1, 0.15) is 0 Å². The number of amides is 3. The van der Waals surface area contributed by atoms with E-state index in [0.717, 1.165) is 0 Å². The van der Waals surface area contributed by atoms with Crippen molar-refractivity contribution >= 4 is 17.6 Å². The molecule has 2 rings (SSSR count). The molecule has 0 aliphatic carbocycles. The minimum absolute atomic E-state index is 0.234. The van der Waals surface area contributed by atoms with E-state index < -0.39 is 0 Å². The van der Waals surface area contributed by atoms with Crippen molar-refractivity contribution in [3.05, 3.63) is 36.5 Å². The van der Waals surface area contributed by atoms with Crippen LogP contribution >= 0.6 is 0 Å². The number of nitrogens with zero attached hydrogens (tertiary/aromatic N) is 2. The van der Waals surface area contributed by atoms with Crippen molar-refractivity contribution in [1.29, 1.82) is 0 Å². The van der Waals surface area contributed by atoms with Gasteiger partial charge in [0, 0.05) is 26.4 Å². The molecule has 0 spiro atoms. The van der Waals surface area contributed by atoms with Gasteiger partial charge in [-0.05, 0) is 12.1 Å². The van der Waals surface area contributed by atoms with Crippen molar-refractivity contribution in [1.82, 2.24) is 20.4 Å². The molecule has 0 radical (unpaired) electrons. The fourth-order valence-corrected chi connectivity index (χ4v) is 1.76. The van der Waals surface area contributed by atoms with Crippen molar-refractivity contribution in [3.8, 4) is 0 Å². The summed E-state index contributed by atoms with van der Waals surface area (Å²) >= 11 is 0. The number of anilines is 1. The smallest absolute Gasteiger partial charge is 0.319 e. The zero-order chi connectivity index (χ0) is 16.5. The Morgan fingerprint density at radius 1 is 1.35 bits per heavy atom. The van der Waals surface area contributed by atoms with E-state index >= 15 is 0 Å². The van der Waals surface area contributed by atoms with Crippen LogP contribution in [-0.2, 0) is 11.3 Å². The van der Waals surface area contributed by atoms with Gasteiger partial charge in [0.2, 0.25) is 0 Å². The van der Waals surface area contributed by atoms with Crippen molar-refractivity contribution in [2.24, 2.45) is 0 Å². The van der Waals surface area contributed by atoms with Crippen LogP contribution in [0.3, 0.4) is 0 Å². The maximum absolute atomic E-state index is 11.7. The number of nitrogens with one attached hydrogen (secondary N) is 3. The average molecular weight is 321 g/mol. The van der Waals surface area contributed by atoms with E-state index in [1.54, 1.807) is 36.3 Å². The Morgan fingerprint density at radius 2 is 2.17 bits per heavy atom. The van der Waals surface area contributed by atoms with Crippen molar-refractivity contribution in [3.63, 3.8) is 0 Å². The molecular formula is C14H19N5O4. The predicted octanol–water partition coefficient (Wildman–Crippen LogP) is 0.674. The van der Waals surface area contributed by atoms with E-state index in [2.05, 4.69) is 21.0 Å². The Kier molecular flexibility index (Phi) is 6.18. The van der Waals surface area contributed by atoms with E-state index in [4.69, 9.17) is 9.15 Å². The van der Waals surface area contributed by atoms with Crippen LogP contribution in [0, 0.1) is 0 Å². The maximum Gasteiger partial charge on any atom is 0.319 e. The van der Waals surface area contributed by atoms with E-state index in [-0.39, 0.29) is 24.2 Å². The van der Waals surface area contributed by atoms with E-state index in [9.17, 15) is 9.59 Å². The molecular weight excluding hydrogens is 302 g/mol. The van der Waals surface area contributed by atoms with Crippen LogP contribution in [0.2, 0.25) is 0 Å². The second-order valence-corrected chi connectivity index (χ2v) is 4.60. The fraction of sp³-hybridized carbons (Fsp3) is 0.357. The zero-order valence-electron chi connectivity index (χ0n) is 12.7. The lowest BCUT2D eigenvalue weighted by molar-refractivity contribution is 0.0926. The van der Waals surface area contributed by atoms with Crippen LogP contribution in [0.25, 0.3) is 0 Å². The summed E-state index contributed by atoms with van der Waals surface area (Å²) in [7, 11) is 1.61. The highest BCUT2D eigenvalue weighted by Gasteiger charge is 2.07. The number of furan rings is 1. The molecule has 0 fully saturated rings. The second kappa shape index (κ2) is 8.59. The van der Waals surface area contributed by atoms with Crippen LogP contribution in [-0.4, -0.2) is 48.5 Å². The Balaban J connectivity index is 1.63. The minimum atomic E-state index is -0.372. The molecule has 0 aromatic carbocycles. The third kappa shape index (κ3) is 5.47. The summed E-state index contributed by atoms with van der Waals surface area (Å²) in [5.74, 6) is -0.0884. The standard InChI is InChI=1S/C14H19N5O4/c1-22-8-6-19-10-11(9-17-19)18-14(21)16-5-4-15-13(20)12-3-2-7-23-12/h2-3,7,9-10H,4-6,8H2,1H3,(H,15,20)(H2,16,18,21). The second-order valence-electron chi connectivity index (χ2n) is 4.60. The largest absolute Gasteiger partial charge is 0.459 e. The summed E-state index contributed by atoms with van der Waals surface area (Å²) in [5.41, 5.74) is 0.582. The van der Waals surface area contributed by atoms with Gasteiger partial charge < -0.3 is 25.1 Å². The topological polar surface area (TPSA) is 110 Å². The minimum Gasteiger partial charge on any atom is -0.459 e. The van der Waals surface area contributed by atoms with Crippen LogP contribution in [0.1, 0.15) is 10.6 Å². The number of hydrogen-bond donors (Lipinski definition) is 3. The van der Waals surface area contributed by atoms with E-state index in [1.807, 2.05) is 0 Å². The van der Waals surface area contributed by atoms with Gasteiger partial charge >= 0.3 is 6.03 Å². The van der Waals surface area contributed by atoms with E-state index in [0.29, 0.717) is 25.4 Å². The lowest BCUT2D eigenvalue weighted by Gasteiger charge is -2.06. The van der Waals surface area contributed by atoms with Crippen LogP contribution < -0.4 is 16.0 Å². The molecule has 9 nitrogen and oxygen atoms in total. The Bertz CT molecular complexity index is 623. The molecule has 0 saturated carbocycles. The Labute approximate surface area is 133 Å². The molecule has 9 heteroatoms. The number of ether oxygens (including phenoxy) is 1. The highest BCUT2D eigenvalue weighted by Crippen LogP contribution is 2.04. The molecule has 3 N–H and O–H groups in total. The summed E-state index contributed by atoms with van der Waals surface area (Å²) in [4.78, 5) is 23.3. The quantitative estimate of drug-likeness (QED) is 0.619. The Hall–Kier alpha value is -2.81. The third-order valence-electron chi connectivity index (χ3n) is 2.86. The molecule has 0 atom stereocenters. The molecule has 0 aliphatic heterocycles. The van der Waals surface area contributed by atoms with Crippen LogP contribution in [0.5, 0.6) is 0 Å². The average Bonchev–Trinajstić information content (AvgIpc) is 3.21. The van der Waals surface area contributed by atoms with Gasteiger partial charge in [-0.1, -0.05) is 0 Å². The molecule has 124 valence electrons. The molecule has 2 heterocycles. The lowest BCUT2D eigenvalue weighted by Crippen LogP contribution is -2.36. The molecule has 0 unspecified atom stereocenters. The number of carbonyl (C=O) groups excluding carboxylic acids is 2. The summed E-state index contributed by atoms with van der Waals surface area (Å²) in [6.07, 6.45) is 4.68. The first kappa shape index (κ1) is 16.6. The van der Waals surface area contributed by atoms with Gasteiger partial charge in [-0.3, -0.25) is 9.48 Å². The first-order valence-corrected chi connectivity index (χ1v) is 7.07. The summed E-state index contributed by atoms with van der Waals surface area (Å²) in [6.45, 7) is 1.73. The van der Waals surface area contributed by atoms with Crippen molar-refractivity contribution in [2.75, 3.05) is 32.1 Å². The summed E-state index contributed by atoms with van der Waals surface area (Å²) in [6, 6.07) is 2.83. The highest BCUT2D eigenvalue weighted by atomic mass is 16.5.